The van der Waals surface area contributed by atoms with E-state index in [0.29, 0.717) is 11.1 Å². The fourth-order valence-electron chi connectivity index (χ4n) is 1.74. The number of hydrogen-bond acceptors (Lipinski definition) is 5. The standard InChI is InChI=1S/C13H18N2O4S/c1-10-6-13(5-4-11(10)7-14)20(17,18)15(2)8-12(16)9-19-3/h4-6,12,16H,8-9H2,1-3H3. The largest absolute Gasteiger partial charge is 0.389 e. The SMILES string of the molecule is COCC(O)CN(C)S(=O)(=O)c1ccc(C#N)c(C)c1. The summed E-state index contributed by atoms with van der Waals surface area (Å²) in [4.78, 5) is 0.0983. The van der Waals surface area contributed by atoms with Gasteiger partial charge in [0.15, 0.2) is 0 Å². The van der Waals surface area contributed by atoms with Gasteiger partial charge < -0.3 is 9.84 Å². The summed E-state index contributed by atoms with van der Waals surface area (Å²) in [7, 11) is -0.869. The first kappa shape index (κ1) is 16.6. The van der Waals surface area contributed by atoms with Gasteiger partial charge in [0.25, 0.3) is 0 Å². The molecule has 0 aliphatic heterocycles. The molecule has 0 bridgehead atoms. The predicted octanol–water partition coefficient (Wildman–Crippen LogP) is 0.494. The Kier molecular flexibility index (Phi) is 5.65. The van der Waals surface area contributed by atoms with E-state index in [2.05, 4.69) is 0 Å². The Morgan fingerprint density at radius 2 is 2.15 bits per heavy atom. The van der Waals surface area contributed by atoms with Gasteiger partial charge in [-0.15, -0.1) is 0 Å². The Hall–Kier alpha value is -1.46. The van der Waals surface area contributed by atoms with Crippen molar-refractivity contribution in [2.24, 2.45) is 0 Å². The van der Waals surface area contributed by atoms with E-state index >= 15 is 0 Å². The molecule has 0 fully saturated rings. The molecule has 20 heavy (non-hydrogen) atoms. The van der Waals surface area contributed by atoms with Gasteiger partial charge in [0.2, 0.25) is 10.0 Å². The summed E-state index contributed by atoms with van der Waals surface area (Å²) in [6, 6.07) is 6.30. The molecule has 1 rings (SSSR count). The van der Waals surface area contributed by atoms with Gasteiger partial charge in [-0.2, -0.15) is 9.57 Å². The maximum atomic E-state index is 12.3. The van der Waals surface area contributed by atoms with E-state index in [9.17, 15) is 13.5 Å². The number of aliphatic hydroxyl groups excluding tert-OH is 1. The molecule has 0 spiro atoms. The highest BCUT2D eigenvalue weighted by Crippen LogP contribution is 2.18. The quantitative estimate of drug-likeness (QED) is 0.825. The summed E-state index contributed by atoms with van der Waals surface area (Å²) < 4.78 is 30.5. The number of sulfonamides is 1. The van der Waals surface area contributed by atoms with Crippen LogP contribution in [0.25, 0.3) is 0 Å². The van der Waals surface area contributed by atoms with E-state index < -0.39 is 16.1 Å². The Morgan fingerprint density at radius 1 is 1.50 bits per heavy atom. The molecule has 1 N–H and O–H groups in total. The van der Waals surface area contributed by atoms with E-state index in [1.54, 1.807) is 6.92 Å². The molecule has 1 unspecified atom stereocenters. The third-order valence-corrected chi connectivity index (χ3v) is 4.67. The average Bonchev–Trinajstić information content (AvgIpc) is 2.38. The van der Waals surface area contributed by atoms with Crippen LogP contribution in [0.4, 0.5) is 0 Å². The predicted molar refractivity (Wildman–Crippen MR) is 73.6 cm³/mol. The molecule has 110 valence electrons. The van der Waals surface area contributed by atoms with Crippen molar-refractivity contribution in [3.63, 3.8) is 0 Å². The van der Waals surface area contributed by atoms with Crippen LogP contribution in [0, 0.1) is 18.3 Å². The minimum Gasteiger partial charge on any atom is -0.389 e. The van der Waals surface area contributed by atoms with Crippen LogP contribution in [-0.4, -0.2) is 51.2 Å². The summed E-state index contributed by atoms with van der Waals surface area (Å²) in [6.07, 6.45) is -0.890. The second-order valence-electron chi connectivity index (χ2n) is 4.48. The van der Waals surface area contributed by atoms with Crippen molar-refractivity contribution < 1.29 is 18.3 Å². The number of nitriles is 1. The van der Waals surface area contributed by atoms with Crippen LogP contribution in [0.1, 0.15) is 11.1 Å². The number of nitrogens with zero attached hydrogens (tertiary/aromatic N) is 2. The van der Waals surface area contributed by atoms with E-state index in [4.69, 9.17) is 10.00 Å². The van der Waals surface area contributed by atoms with Gasteiger partial charge in [-0.1, -0.05) is 0 Å². The Labute approximate surface area is 119 Å². The highest BCUT2D eigenvalue weighted by molar-refractivity contribution is 7.89. The molecular formula is C13H18N2O4S. The first-order chi connectivity index (χ1) is 9.32. The van der Waals surface area contributed by atoms with Gasteiger partial charge in [-0.05, 0) is 30.7 Å². The lowest BCUT2D eigenvalue weighted by Gasteiger charge is -2.20. The maximum Gasteiger partial charge on any atom is 0.242 e. The van der Waals surface area contributed by atoms with Gasteiger partial charge in [0.1, 0.15) is 0 Å². The minimum absolute atomic E-state index is 0.0603. The fraction of sp³-hybridized carbons (Fsp3) is 0.462. The van der Waals surface area contributed by atoms with E-state index in [1.165, 1.54) is 32.4 Å². The topological polar surface area (TPSA) is 90.6 Å². The van der Waals surface area contributed by atoms with Gasteiger partial charge in [-0.25, -0.2) is 8.42 Å². The summed E-state index contributed by atoms with van der Waals surface area (Å²) >= 11 is 0. The third kappa shape index (κ3) is 3.77. The summed E-state index contributed by atoms with van der Waals surface area (Å²) in [6.45, 7) is 1.68. The zero-order valence-corrected chi connectivity index (χ0v) is 12.5. The monoisotopic (exact) mass is 298 g/mol. The number of rotatable bonds is 6. The number of benzene rings is 1. The van der Waals surface area contributed by atoms with Crippen molar-refractivity contribution in [1.82, 2.24) is 4.31 Å². The lowest BCUT2D eigenvalue weighted by molar-refractivity contribution is 0.0554. The highest BCUT2D eigenvalue weighted by atomic mass is 32.2. The van der Waals surface area contributed by atoms with Crippen LogP contribution >= 0.6 is 0 Å². The molecule has 0 amide bonds. The second kappa shape index (κ2) is 6.81. The van der Waals surface area contributed by atoms with Crippen molar-refractivity contribution >= 4 is 10.0 Å². The number of ether oxygens (including phenoxy) is 1. The third-order valence-electron chi connectivity index (χ3n) is 2.85. The van der Waals surface area contributed by atoms with Crippen LogP contribution in [0.5, 0.6) is 0 Å². The van der Waals surface area contributed by atoms with E-state index in [1.807, 2.05) is 6.07 Å². The molecule has 0 aliphatic carbocycles. The highest BCUT2D eigenvalue weighted by Gasteiger charge is 2.23. The van der Waals surface area contributed by atoms with Crippen molar-refractivity contribution in [2.75, 3.05) is 27.3 Å². The first-order valence-corrected chi connectivity index (χ1v) is 7.41. The lowest BCUT2D eigenvalue weighted by atomic mass is 10.1. The van der Waals surface area contributed by atoms with Gasteiger partial charge in [0, 0.05) is 20.7 Å². The average molecular weight is 298 g/mol. The lowest BCUT2D eigenvalue weighted by Crippen LogP contribution is -2.36. The van der Waals surface area contributed by atoms with Crippen LogP contribution in [-0.2, 0) is 14.8 Å². The van der Waals surface area contributed by atoms with Crippen molar-refractivity contribution in [1.29, 1.82) is 5.26 Å². The van der Waals surface area contributed by atoms with Crippen LogP contribution in [0.15, 0.2) is 23.1 Å². The fourth-order valence-corrected chi connectivity index (χ4v) is 3.04. The van der Waals surface area contributed by atoms with Crippen LogP contribution in [0.2, 0.25) is 0 Å². The number of aryl methyl sites for hydroxylation is 1. The normalized spacial score (nSPS) is 13.2. The summed E-state index contributed by atoms with van der Waals surface area (Å²) in [5.74, 6) is 0. The molecule has 0 aliphatic rings. The minimum atomic E-state index is -3.69. The van der Waals surface area contributed by atoms with Crippen LogP contribution < -0.4 is 0 Å². The van der Waals surface area contributed by atoms with Gasteiger partial charge >= 0.3 is 0 Å². The van der Waals surface area contributed by atoms with Crippen molar-refractivity contribution in [2.45, 2.75) is 17.9 Å². The Balaban J connectivity index is 2.99. The zero-order chi connectivity index (χ0) is 15.3. The molecule has 6 nitrogen and oxygen atoms in total. The number of methoxy groups -OCH3 is 1. The molecule has 0 radical (unpaired) electrons. The zero-order valence-electron chi connectivity index (χ0n) is 11.7. The molecule has 0 saturated carbocycles. The second-order valence-corrected chi connectivity index (χ2v) is 6.53. The van der Waals surface area contributed by atoms with Crippen LogP contribution in [0.3, 0.4) is 0 Å². The molecule has 0 heterocycles. The molecule has 1 aromatic rings. The molecule has 1 atom stereocenters. The molecule has 7 heteroatoms. The van der Waals surface area contributed by atoms with Gasteiger partial charge in [-0.3, -0.25) is 0 Å². The molecule has 0 aromatic heterocycles. The number of hydrogen-bond donors (Lipinski definition) is 1. The Morgan fingerprint density at radius 3 is 2.65 bits per heavy atom. The Bertz CT molecular complexity index is 607. The maximum absolute atomic E-state index is 12.3. The summed E-state index contributed by atoms with van der Waals surface area (Å²) in [5.41, 5.74) is 1.03. The summed E-state index contributed by atoms with van der Waals surface area (Å²) in [5, 5.41) is 18.4. The van der Waals surface area contributed by atoms with Gasteiger partial charge in [0.05, 0.1) is 29.2 Å². The first-order valence-electron chi connectivity index (χ1n) is 5.97. The molecule has 0 saturated heterocycles. The molecule has 1 aromatic carbocycles. The van der Waals surface area contributed by atoms with E-state index in [-0.39, 0.29) is 18.0 Å². The molecular weight excluding hydrogens is 280 g/mol. The van der Waals surface area contributed by atoms with Crippen molar-refractivity contribution in [3.05, 3.63) is 29.3 Å². The number of likely N-dealkylation sites (N-methyl/N-ethyl adjacent to an activating group) is 1. The number of aliphatic hydroxyl groups is 1. The smallest absolute Gasteiger partial charge is 0.242 e. The van der Waals surface area contributed by atoms with E-state index in [0.717, 1.165) is 4.31 Å². The van der Waals surface area contributed by atoms with Crippen molar-refractivity contribution in [3.8, 4) is 6.07 Å².